The Hall–Kier alpha value is -2.33. The Balaban J connectivity index is 1.62. The molecule has 0 aromatic heterocycles. The van der Waals surface area contributed by atoms with Crippen LogP contribution in [0.1, 0.15) is 30.0 Å². The van der Waals surface area contributed by atoms with E-state index in [-0.39, 0.29) is 11.9 Å². The zero-order chi connectivity index (χ0) is 16.9. The van der Waals surface area contributed by atoms with Crippen molar-refractivity contribution in [3.8, 4) is 0 Å². The van der Waals surface area contributed by atoms with Crippen LogP contribution in [0, 0.1) is 6.92 Å². The molecular weight excluding hydrogens is 298 g/mol. The highest BCUT2D eigenvalue weighted by atomic mass is 16.1. The van der Waals surface area contributed by atoms with Gasteiger partial charge in [0.15, 0.2) is 0 Å². The molecule has 126 valence electrons. The zero-order valence-electron chi connectivity index (χ0n) is 14.1. The SMILES string of the molecule is Cc1cccc(NC2CCN([C@@H](C(N)=O)c3ccccc3)CC2)c1. The van der Waals surface area contributed by atoms with E-state index in [4.69, 9.17) is 5.73 Å². The summed E-state index contributed by atoms with van der Waals surface area (Å²) >= 11 is 0. The van der Waals surface area contributed by atoms with Crippen molar-refractivity contribution in [1.82, 2.24) is 4.90 Å². The number of carbonyl (C=O) groups is 1. The van der Waals surface area contributed by atoms with Gasteiger partial charge in [0.05, 0.1) is 0 Å². The molecule has 1 saturated heterocycles. The van der Waals surface area contributed by atoms with E-state index in [1.165, 1.54) is 11.3 Å². The molecule has 1 fully saturated rings. The van der Waals surface area contributed by atoms with Gasteiger partial charge in [0.2, 0.25) is 5.91 Å². The molecule has 0 spiro atoms. The summed E-state index contributed by atoms with van der Waals surface area (Å²) in [6.07, 6.45) is 2.01. The van der Waals surface area contributed by atoms with Crippen LogP contribution in [0.25, 0.3) is 0 Å². The summed E-state index contributed by atoms with van der Waals surface area (Å²) in [5.41, 5.74) is 9.09. The van der Waals surface area contributed by atoms with Gasteiger partial charge in [-0.05, 0) is 43.0 Å². The summed E-state index contributed by atoms with van der Waals surface area (Å²) in [5, 5.41) is 3.61. The first kappa shape index (κ1) is 16.5. The molecule has 3 N–H and O–H groups in total. The fourth-order valence-electron chi connectivity index (χ4n) is 3.46. The van der Waals surface area contributed by atoms with Crippen molar-refractivity contribution in [2.45, 2.75) is 31.8 Å². The quantitative estimate of drug-likeness (QED) is 0.889. The second-order valence-corrected chi connectivity index (χ2v) is 6.54. The minimum Gasteiger partial charge on any atom is -0.382 e. The van der Waals surface area contributed by atoms with Crippen LogP contribution in [-0.4, -0.2) is 29.9 Å². The van der Waals surface area contributed by atoms with E-state index >= 15 is 0 Å². The lowest BCUT2D eigenvalue weighted by molar-refractivity contribution is -0.123. The number of anilines is 1. The van der Waals surface area contributed by atoms with E-state index < -0.39 is 0 Å². The number of hydrogen-bond acceptors (Lipinski definition) is 3. The third kappa shape index (κ3) is 3.95. The van der Waals surface area contributed by atoms with Crippen molar-refractivity contribution >= 4 is 11.6 Å². The van der Waals surface area contributed by atoms with E-state index in [0.717, 1.165) is 31.5 Å². The molecule has 0 bridgehead atoms. The average molecular weight is 323 g/mol. The Kier molecular flexibility index (Phi) is 5.16. The predicted molar refractivity (Wildman–Crippen MR) is 97.8 cm³/mol. The van der Waals surface area contributed by atoms with Gasteiger partial charge in [-0.3, -0.25) is 9.69 Å². The maximum atomic E-state index is 12.0. The largest absolute Gasteiger partial charge is 0.382 e. The van der Waals surface area contributed by atoms with E-state index in [2.05, 4.69) is 41.4 Å². The van der Waals surface area contributed by atoms with Gasteiger partial charge in [-0.1, -0.05) is 42.5 Å². The van der Waals surface area contributed by atoms with Crippen molar-refractivity contribution < 1.29 is 4.79 Å². The fraction of sp³-hybridized carbons (Fsp3) is 0.350. The number of amides is 1. The molecule has 2 aromatic carbocycles. The molecule has 0 saturated carbocycles. The van der Waals surface area contributed by atoms with Crippen LogP contribution in [0.3, 0.4) is 0 Å². The van der Waals surface area contributed by atoms with Crippen LogP contribution in [0.4, 0.5) is 5.69 Å². The Bertz CT molecular complexity index is 678. The number of nitrogens with two attached hydrogens (primary N) is 1. The molecule has 4 nitrogen and oxygen atoms in total. The van der Waals surface area contributed by atoms with Crippen LogP contribution in [-0.2, 0) is 4.79 Å². The Morgan fingerprint density at radius 1 is 1.12 bits per heavy atom. The number of hydrogen-bond donors (Lipinski definition) is 2. The van der Waals surface area contributed by atoms with Crippen molar-refractivity contribution in [3.63, 3.8) is 0 Å². The van der Waals surface area contributed by atoms with Crippen LogP contribution in [0.5, 0.6) is 0 Å². The first-order chi connectivity index (χ1) is 11.6. The highest BCUT2D eigenvalue weighted by molar-refractivity contribution is 5.81. The van der Waals surface area contributed by atoms with E-state index in [9.17, 15) is 4.79 Å². The molecule has 0 unspecified atom stereocenters. The number of benzene rings is 2. The third-order valence-electron chi connectivity index (χ3n) is 4.67. The highest BCUT2D eigenvalue weighted by Gasteiger charge is 2.29. The molecular formula is C20H25N3O. The van der Waals surface area contributed by atoms with Gasteiger partial charge in [-0.2, -0.15) is 0 Å². The summed E-state index contributed by atoms with van der Waals surface area (Å²) < 4.78 is 0. The summed E-state index contributed by atoms with van der Waals surface area (Å²) in [4.78, 5) is 14.2. The monoisotopic (exact) mass is 323 g/mol. The Labute approximate surface area is 143 Å². The maximum absolute atomic E-state index is 12.0. The van der Waals surface area contributed by atoms with Crippen LogP contribution in [0.15, 0.2) is 54.6 Å². The van der Waals surface area contributed by atoms with Gasteiger partial charge in [0.1, 0.15) is 6.04 Å². The first-order valence-corrected chi connectivity index (χ1v) is 8.55. The summed E-state index contributed by atoms with van der Waals surface area (Å²) in [6.45, 7) is 3.84. The normalized spacial score (nSPS) is 17.4. The number of rotatable bonds is 5. The molecule has 4 heteroatoms. The number of piperidine rings is 1. The average Bonchev–Trinajstić information content (AvgIpc) is 2.57. The van der Waals surface area contributed by atoms with E-state index in [1.54, 1.807) is 0 Å². The lowest BCUT2D eigenvalue weighted by Crippen LogP contribution is -2.45. The molecule has 1 amide bonds. The topological polar surface area (TPSA) is 58.4 Å². The Morgan fingerprint density at radius 2 is 1.83 bits per heavy atom. The molecule has 2 aromatic rings. The number of carbonyl (C=O) groups excluding carboxylic acids is 1. The smallest absolute Gasteiger partial charge is 0.239 e. The highest BCUT2D eigenvalue weighted by Crippen LogP contribution is 2.26. The van der Waals surface area contributed by atoms with Crippen molar-refractivity contribution in [2.24, 2.45) is 5.73 Å². The predicted octanol–water partition coefficient (Wildman–Crippen LogP) is 3.10. The van der Waals surface area contributed by atoms with Crippen LogP contribution in [0.2, 0.25) is 0 Å². The van der Waals surface area contributed by atoms with Crippen molar-refractivity contribution in [2.75, 3.05) is 18.4 Å². The number of aryl methyl sites for hydroxylation is 1. The summed E-state index contributed by atoms with van der Waals surface area (Å²) in [5.74, 6) is -0.272. The molecule has 1 aliphatic rings. The minimum absolute atomic E-state index is 0.272. The summed E-state index contributed by atoms with van der Waals surface area (Å²) in [7, 11) is 0. The van der Waals surface area contributed by atoms with E-state index in [0.29, 0.717) is 6.04 Å². The fourth-order valence-corrected chi connectivity index (χ4v) is 3.46. The second kappa shape index (κ2) is 7.49. The molecule has 1 aliphatic heterocycles. The number of nitrogens with zero attached hydrogens (tertiary/aromatic N) is 1. The molecule has 1 atom stereocenters. The van der Waals surface area contributed by atoms with Crippen molar-refractivity contribution in [3.05, 3.63) is 65.7 Å². The molecule has 24 heavy (non-hydrogen) atoms. The van der Waals surface area contributed by atoms with Gasteiger partial charge < -0.3 is 11.1 Å². The number of primary amides is 1. The second-order valence-electron chi connectivity index (χ2n) is 6.54. The van der Waals surface area contributed by atoms with Gasteiger partial charge in [0.25, 0.3) is 0 Å². The lowest BCUT2D eigenvalue weighted by Gasteiger charge is -2.37. The molecule has 0 aliphatic carbocycles. The van der Waals surface area contributed by atoms with Gasteiger partial charge >= 0.3 is 0 Å². The van der Waals surface area contributed by atoms with Gasteiger partial charge in [-0.15, -0.1) is 0 Å². The lowest BCUT2D eigenvalue weighted by atomic mass is 9.98. The first-order valence-electron chi connectivity index (χ1n) is 8.55. The molecule has 1 heterocycles. The molecule has 3 rings (SSSR count). The summed E-state index contributed by atoms with van der Waals surface area (Å²) in [6, 6.07) is 18.4. The third-order valence-corrected chi connectivity index (χ3v) is 4.67. The zero-order valence-corrected chi connectivity index (χ0v) is 14.1. The van der Waals surface area contributed by atoms with Crippen LogP contribution >= 0.6 is 0 Å². The van der Waals surface area contributed by atoms with Gasteiger partial charge in [0, 0.05) is 24.8 Å². The van der Waals surface area contributed by atoms with E-state index in [1.807, 2.05) is 30.3 Å². The van der Waals surface area contributed by atoms with Crippen LogP contribution < -0.4 is 11.1 Å². The minimum atomic E-state index is -0.328. The van der Waals surface area contributed by atoms with Gasteiger partial charge in [-0.25, -0.2) is 0 Å². The molecule has 0 radical (unpaired) electrons. The number of likely N-dealkylation sites (tertiary alicyclic amines) is 1. The Morgan fingerprint density at radius 3 is 2.46 bits per heavy atom. The number of nitrogens with one attached hydrogen (secondary N) is 1. The maximum Gasteiger partial charge on any atom is 0.239 e. The van der Waals surface area contributed by atoms with Crippen molar-refractivity contribution in [1.29, 1.82) is 0 Å². The standard InChI is InChI=1S/C20H25N3O/c1-15-6-5-9-18(14-15)22-17-10-12-23(13-11-17)19(20(21)24)16-7-3-2-4-8-16/h2-9,14,17,19,22H,10-13H2,1H3,(H2,21,24)/t19-/m1/s1.